The van der Waals surface area contributed by atoms with Crippen molar-refractivity contribution in [2.45, 2.75) is 20.4 Å². The Morgan fingerprint density at radius 3 is 2.77 bits per heavy atom. The van der Waals surface area contributed by atoms with Gasteiger partial charge in [-0.1, -0.05) is 18.2 Å². The minimum absolute atomic E-state index is 0.137. The quantitative estimate of drug-likeness (QED) is 0.767. The first kappa shape index (κ1) is 17.7. The maximum atomic E-state index is 12.5. The van der Waals surface area contributed by atoms with E-state index in [1.54, 1.807) is 32.2 Å². The van der Waals surface area contributed by atoms with Crippen molar-refractivity contribution >= 4 is 16.9 Å². The Kier molecular flexibility index (Phi) is 5.02. The van der Waals surface area contributed by atoms with E-state index in [0.717, 1.165) is 11.3 Å². The second-order valence-electron chi connectivity index (χ2n) is 5.99. The highest BCUT2D eigenvalue weighted by atomic mass is 16.5. The summed E-state index contributed by atoms with van der Waals surface area (Å²) in [6.45, 7) is 4.53. The Labute approximate surface area is 151 Å². The summed E-state index contributed by atoms with van der Waals surface area (Å²) in [5.41, 5.74) is 2.99. The average molecular weight is 351 g/mol. The summed E-state index contributed by atoms with van der Waals surface area (Å²) < 4.78 is 7.12. The topological polar surface area (TPSA) is 73.2 Å². The van der Waals surface area contributed by atoms with Crippen LogP contribution in [0, 0.1) is 6.92 Å². The van der Waals surface area contributed by atoms with E-state index in [1.165, 1.54) is 4.57 Å². The van der Waals surface area contributed by atoms with Crippen molar-refractivity contribution in [1.29, 1.82) is 0 Å². The molecule has 0 saturated heterocycles. The van der Waals surface area contributed by atoms with E-state index >= 15 is 0 Å². The fourth-order valence-corrected chi connectivity index (χ4v) is 2.84. The molecule has 0 saturated carbocycles. The van der Waals surface area contributed by atoms with E-state index in [1.807, 2.05) is 31.2 Å². The lowest BCUT2D eigenvalue weighted by atomic mass is 10.1. The molecule has 0 fully saturated rings. The molecule has 0 aliphatic heterocycles. The number of para-hydroxylation sites is 1. The molecule has 0 aliphatic rings. The van der Waals surface area contributed by atoms with Gasteiger partial charge in [0, 0.05) is 24.7 Å². The monoisotopic (exact) mass is 351 g/mol. The third-order valence-corrected chi connectivity index (χ3v) is 4.21. The zero-order chi connectivity index (χ0) is 18.7. The highest BCUT2D eigenvalue weighted by molar-refractivity contribution is 5.97. The second-order valence-corrected chi connectivity index (χ2v) is 5.99. The van der Waals surface area contributed by atoms with Crippen molar-refractivity contribution < 1.29 is 9.53 Å². The Morgan fingerprint density at radius 2 is 2.00 bits per heavy atom. The Bertz CT molecular complexity index is 1020. The lowest BCUT2D eigenvalue weighted by Gasteiger charge is -2.11. The van der Waals surface area contributed by atoms with Crippen molar-refractivity contribution in [1.82, 2.24) is 14.9 Å². The number of hydrogen-bond acceptors (Lipinski definition) is 4. The number of rotatable bonds is 5. The van der Waals surface area contributed by atoms with Crippen LogP contribution in [0.3, 0.4) is 0 Å². The van der Waals surface area contributed by atoms with Crippen LogP contribution in [0.2, 0.25) is 0 Å². The van der Waals surface area contributed by atoms with Crippen molar-refractivity contribution in [3.63, 3.8) is 0 Å². The average Bonchev–Trinajstić information content (AvgIpc) is 2.65. The SMILES string of the molecule is CCOc1ccccc1CNC(=O)c1ccc2c(c1)nc(C)c(=O)n2C. The van der Waals surface area contributed by atoms with Crippen LogP contribution in [0.25, 0.3) is 11.0 Å². The summed E-state index contributed by atoms with van der Waals surface area (Å²) in [6, 6.07) is 12.8. The van der Waals surface area contributed by atoms with Crippen LogP contribution in [0.15, 0.2) is 47.3 Å². The number of nitrogens with zero attached hydrogens (tertiary/aromatic N) is 2. The van der Waals surface area contributed by atoms with Crippen LogP contribution in [-0.2, 0) is 13.6 Å². The number of carbonyl (C=O) groups is 1. The molecule has 0 atom stereocenters. The predicted molar refractivity (Wildman–Crippen MR) is 101 cm³/mol. The highest BCUT2D eigenvalue weighted by Crippen LogP contribution is 2.18. The van der Waals surface area contributed by atoms with Gasteiger partial charge in [-0.3, -0.25) is 9.59 Å². The Morgan fingerprint density at radius 1 is 1.23 bits per heavy atom. The number of carbonyl (C=O) groups excluding carboxylic acids is 1. The minimum atomic E-state index is -0.202. The zero-order valence-electron chi connectivity index (χ0n) is 15.1. The molecule has 2 aromatic carbocycles. The lowest BCUT2D eigenvalue weighted by Crippen LogP contribution is -2.24. The van der Waals surface area contributed by atoms with Gasteiger partial charge in [-0.05, 0) is 38.1 Å². The molecule has 3 rings (SSSR count). The van der Waals surface area contributed by atoms with Gasteiger partial charge in [0.25, 0.3) is 11.5 Å². The van der Waals surface area contributed by atoms with Crippen LogP contribution in [0.1, 0.15) is 28.5 Å². The first-order valence-corrected chi connectivity index (χ1v) is 8.47. The van der Waals surface area contributed by atoms with Crippen LogP contribution < -0.4 is 15.6 Å². The Balaban J connectivity index is 1.82. The van der Waals surface area contributed by atoms with E-state index in [0.29, 0.717) is 35.4 Å². The normalized spacial score (nSPS) is 10.7. The largest absolute Gasteiger partial charge is 0.494 e. The standard InChI is InChI=1S/C20H21N3O3/c1-4-26-18-8-6-5-7-15(18)12-21-19(24)14-9-10-17-16(11-14)22-13(2)20(25)23(17)3/h5-11H,4,12H2,1-3H3,(H,21,24). The summed E-state index contributed by atoms with van der Waals surface area (Å²) in [7, 11) is 1.70. The number of fused-ring (bicyclic) bond motifs is 1. The summed E-state index contributed by atoms with van der Waals surface area (Å²) in [5.74, 6) is 0.563. The molecule has 134 valence electrons. The van der Waals surface area contributed by atoms with Crippen molar-refractivity contribution in [2.75, 3.05) is 6.61 Å². The summed E-state index contributed by atoms with van der Waals surface area (Å²) in [6.07, 6.45) is 0. The smallest absolute Gasteiger partial charge is 0.272 e. The van der Waals surface area contributed by atoms with Gasteiger partial charge in [0.05, 0.1) is 17.6 Å². The van der Waals surface area contributed by atoms with Crippen molar-refractivity contribution in [3.8, 4) is 5.75 Å². The maximum Gasteiger partial charge on any atom is 0.272 e. The van der Waals surface area contributed by atoms with Crippen molar-refractivity contribution in [2.24, 2.45) is 7.05 Å². The van der Waals surface area contributed by atoms with Gasteiger partial charge >= 0.3 is 0 Å². The summed E-state index contributed by atoms with van der Waals surface area (Å²) >= 11 is 0. The summed E-state index contributed by atoms with van der Waals surface area (Å²) in [4.78, 5) is 28.8. The number of benzene rings is 2. The molecule has 0 bridgehead atoms. The van der Waals surface area contributed by atoms with Gasteiger partial charge < -0.3 is 14.6 Å². The van der Waals surface area contributed by atoms with Gasteiger partial charge in [0.1, 0.15) is 11.4 Å². The van der Waals surface area contributed by atoms with Gasteiger partial charge in [-0.2, -0.15) is 0 Å². The number of aryl methyl sites for hydroxylation is 2. The zero-order valence-corrected chi connectivity index (χ0v) is 15.1. The fraction of sp³-hybridized carbons (Fsp3) is 0.250. The van der Waals surface area contributed by atoms with E-state index in [2.05, 4.69) is 10.3 Å². The number of ether oxygens (including phenoxy) is 1. The van der Waals surface area contributed by atoms with E-state index in [9.17, 15) is 9.59 Å². The van der Waals surface area contributed by atoms with Gasteiger partial charge in [-0.25, -0.2) is 4.98 Å². The fourth-order valence-electron chi connectivity index (χ4n) is 2.84. The highest BCUT2D eigenvalue weighted by Gasteiger charge is 2.11. The molecule has 1 amide bonds. The first-order valence-electron chi connectivity index (χ1n) is 8.47. The van der Waals surface area contributed by atoms with E-state index < -0.39 is 0 Å². The molecule has 1 heterocycles. The molecule has 26 heavy (non-hydrogen) atoms. The van der Waals surface area contributed by atoms with Crippen molar-refractivity contribution in [3.05, 3.63) is 69.6 Å². The van der Waals surface area contributed by atoms with E-state index in [4.69, 9.17) is 4.74 Å². The molecular formula is C20H21N3O3. The predicted octanol–water partition coefficient (Wildman–Crippen LogP) is 2.57. The third kappa shape index (κ3) is 3.44. The third-order valence-electron chi connectivity index (χ3n) is 4.21. The number of aromatic nitrogens is 2. The van der Waals surface area contributed by atoms with Crippen LogP contribution in [-0.4, -0.2) is 22.1 Å². The number of amides is 1. The minimum Gasteiger partial charge on any atom is -0.494 e. The lowest BCUT2D eigenvalue weighted by molar-refractivity contribution is 0.0950. The first-order chi connectivity index (χ1) is 12.5. The van der Waals surface area contributed by atoms with Gasteiger partial charge in [0.15, 0.2) is 0 Å². The number of nitrogens with one attached hydrogen (secondary N) is 1. The van der Waals surface area contributed by atoms with Crippen LogP contribution in [0.5, 0.6) is 5.75 Å². The van der Waals surface area contributed by atoms with Gasteiger partial charge in [0.2, 0.25) is 0 Å². The van der Waals surface area contributed by atoms with E-state index in [-0.39, 0.29) is 11.5 Å². The molecule has 0 radical (unpaired) electrons. The maximum absolute atomic E-state index is 12.5. The van der Waals surface area contributed by atoms with Crippen LogP contribution in [0.4, 0.5) is 0 Å². The van der Waals surface area contributed by atoms with Gasteiger partial charge in [-0.15, -0.1) is 0 Å². The molecule has 3 aromatic rings. The van der Waals surface area contributed by atoms with Crippen LogP contribution >= 0.6 is 0 Å². The molecular weight excluding hydrogens is 330 g/mol. The molecule has 1 N–H and O–H groups in total. The molecule has 6 heteroatoms. The molecule has 1 aromatic heterocycles. The number of hydrogen-bond donors (Lipinski definition) is 1. The molecule has 0 spiro atoms. The molecule has 0 unspecified atom stereocenters. The second kappa shape index (κ2) is 7.39. The molecule has 6 nitrogen and oxygen atoms in total. The summed E-state index contributed by atoms with van der Waals surface area (Å²) in [5, 5.41) is 2.90. The Hall–Kier alpha value is -3.15. The molecule has 0 aliphatic carbocycles.